The van der Waals surface area contributed by atoms with Gasteiger partial charge < -0.3 is 14.2 Å². The average molecular weight is 275 g/mol. The van der Waals surface area contributed by atoms with E-state index in [1.807, 2.05) is 13.0 Å². The number of methoxy groups -OCH3 is 1. The number of benzene rings is 1. The fourth-order valence-corrected chi connectivity index (χ4v) is 2.13. The van der Waals surface area contributed by atoms with Gasteiger partial charge in [0, 0.05) is 17.8 Å². The van der Waals surface area contributed by atoms with Crippen LogP contribution in [0, 0.1) is 12.7 Å². The summed E-state index contributed by atoms with van der Waals surface area (Å²) in [5, 5.41) is 0. The molecule has 3 rings (SSSR count). The Labute approximate surface area is 116 Å². The van der Waals surface area contributed by atoms with Gasteiger partial charge in [0.1, 0.15) is 6.61 Å². The molecule has 4 nitrogen and oxygen atoms in total. The summed E-state index contributed by atoms with van der Waals surface area (Å²) in [5.41, 5.74) is 1.67. The van der Waals surface area contributed by atoms with E-state index in [2.05, 4.69) is 4.98 Å². The van der Waals surface area contributed by atoms with E-state index < -0.39 is 5.82 Å². The normalized spacial score (nSPS) is 16.9. The molecule has 0 saturated carbocycles. The van der Waals surface area contributed by atoms with Gasteiger partial charge >= 0.3 is 0 Å². The number of ether oxygens (including phenoxy) is 3. The minimum Gasteiger partial charge on any atom is -0.485 e. The van der Waals surface area contributed by atoms with Gasteiger partial charge in [-0.15, -0.1) is 0 Å². The van der Waals surface area contributed by atoms with Crippen LogP contribution in [0.25, 0.3) is 0 Å². The Kier molecular flexibility index (Phi) is 3.18. The van der Waals surface area contributed by atoms with E-state index in [0.717, 1.165) is 11.1 Å². The lowest BCUT2D eigenvalue weighted by Gasteiger charge is -2.27. The van der Waals surface area contributed by atoms with Crippen molar-refractivity contribution in [1.82, 2.24) is 4.98 Å². The van der Waals surface area contributed by atoms with Gasteiger partial charge in [0.2, 0.25) is 5.88 Å². The monoisotopic (exact) mass is 275 g/mol. The maximum atomic E-state index is 13.8. The maximum absolute atomic E-state index is 13.8. The van der Waals surface area contributed by atoms with E-state index in [0.29, 0.717) is 18.2 Å². The van der Waals surface area contributed by atoms with Crippen LogP contribution in [0.2, 0.25) is 0 Å². The standard InChI is InChI=1S/C15H14FNO3/c1-9-3-5-11(16)15-14(9)19-8-12(20-15)10-4-6-13(18-2)17-7-10/h3-7,12H,8H2,1-2H3. The molecule has 0 saturated heterocycles. The third-order valence-corrected chi connectivity index (χ3v) is 3.24. The Balaban J connectivity index is 1.89. The summed E-state index contributed by atoms with van der Waals surface area (Å²) in [4.78, 5) is 4.12. The van der Waals surface area contributed by atoms with Gasteiger partial charge in [-0.05, 0) is 24.6 Å². The highest BCUT2D eigenvalue weighted by Crippen LogP contribution is 2.40. The summed E-state index contributed by atoms with van der Waals surface area (Å²) in [6.07, 6.45) is 1.27. The van der Waals surface area contributed by atoms with Gasteiger partial charge in [-0.3, -0.25) is 0 Å². The van der Waals surface area contributed by atoms with Crippen LogP contribution in [-0.4, -0.2) is 18.7 Å². The lowest BCUT2D eigenvalue weighted by Crippen LogP contribution is -2.23. The molecule has 20 heavy (non-hydrogen) atoms. The number of hydrogen-bond acceptors (Lipinski definition) is 4. The molecule has 0 fully saturated rings. The van der Waals surface area contributed by atoms with Crippen LogP contribution < -0.4 is 14.2 Å². The third-order valence-electron chi connectivity index (χ3n) is 3.24. The zero-order valence-corrected chi connectivity index (χ0v) is 11.2. The molecule has 0 bridgehead atoms. The van der Waals surface area contributed by atoms with E-state index in [1.165, 1.54) is 6.07 Å². The summed E-state index contributed by atoms with van der Waals surface area (Å²) in [5.74, 6) is 0.740. The molecule has 2 heterocycles. The molecule has 1 aliphatic rings. The van der Waals surface area contributed by atoms with Crippen LogP contribution in [-0.2, 0) is 0 Å². The number of hydrogen-bond donors (Lipinski definition) is 0. The molecule has 1 aliphatic heterocycles. The van der Waals surface area contributed by atoms with Crippen molar-refractivity contribution in [1.29, 1.82) is 0 Å². The van der Waals surface area contributed by atoms with E-state index in [9.17, 15) is 4.39 Å². The first-order valence-electron chi connectivity index (χ1n) is 6.27. The Morgan fingerprint density at radius 3 is 2.80 bits per heavy atom. The Morgan fingerprint density at radius 2 is 2.10 bits per heavy atom. The van der Waals surface area contributed by atoms with E-state index in [-0.39, 0.29) is 11.9 Å². The first-order valence-corrected chi connectivity index (χ1v) is 6.27. The first kappa shape index (κ1) is 12.7. The molecule has 1 aromatic heterocycles. The second-order valence-corrected chi connectivity index (χ2v) is 4.57. The number of halogens is 1. The number of nitrogens with zero attached hydrogens (tertiary/aromatic N) is 1. The van der Waals surface area contributed by atoms with Gasteiger partial charge in [-0.1, -0.05) is 6.07 Å². The van der Waals surface area contributed by atoms with Gasteiger partial charge in [0.15, 0.2) is 23.4 Å². The molecule has 0 amide bonds. The molecule has 2 aromatic rings. The number of rotatable bonds is 2. The third kappa shape index (κ3) is 2.15. The van der Waals surface area contributed by atoms with Crippen LogP contribution in [0.5, 0.6) is 17.4 Å². The van der Waals surface area contributed by atoms with Crippen molar-refractivity contribution in [3.05, 3.63) is 47.4 Å². The number of aromatic nitrogens is 1. The summed E-state index contributed by atoms with van der Waals surface area (Å²) in [6.45, 7) is 2.18. The molecule has 1 unspecified atom stereocenters. The largest absolute Gasteiger partial charge is 0.485 e. The van der Waals surface area contributed by atoms with Crippen molar-refractivity contribution in [2.24, 2.45) is 0 Å². The van der Waals surface area contributed by atoms with Crippen LogP contribution in [0.1, 0.15) is 17.2 Å². The fraction of sp³-hybridized carbons (Fsp3) is 0.267. The highest BCUT2D eigenvalue weighted by molar-refractivity contribution is 5.48. The summed E-state index contributed by atoms with van der Waals surface area (Å²) >= 11 is 0. The Bertz CT molecular complexity index is 628. The summed E-state index contributed by atoms with van der Waals surface area (Å²) in [6, 6.07) is 6.62. The molecule has 5 heteroatoms. The highest BCUT2D eigenvalue weighted by atomic mass is 19.1. The van der Waals surface area contributed by atoms with Gasteiger partial charge in [0.25, 0.3) is 0 Å². The second kappa shape index (κ2) is 5.00. The predicted molar refractivity (Wildman–Crippen MR) is 70.8 cm³/mol. The van der Waals surface area contributed by atoms with E-state index in [1.54, 1.807) is 25.4 Å². The van der Waals surface area contributed by atoms with Crippen molar-refractivity contribution >= 4 is 0 Å². The Hall–Kier alpha value is -2.30. The van der Waals surface area contributed by atoms with Crippen LogP contribution in [0.15, 0.2) is 30.5 Å². The molecule has 0 spiro atoms. The number of aryl methyl sites for hydroxylation is 1. The number of pyridine rings is 1. The van der Waals surface area contributed by atoms with Gasteiger partial charge in [-0.2, -0.15) is 0 Å². The molecule has 104 valence electrons. The van der Waals surface area contributed by atoms with Crippen molar-refractivity contribution in [2.45, 2.75) is 13.0 Å². The van der Waals surface area contributed by atoms with E-state index in [4.69, 9.17) is 14.2 Å². The van der Waals surface area contributed by atoms with Crippen molar-refractivity contribution in [2.75, 3.05) is 13.7 Å². The first-order chi connectivity index (χ1) is 9.69. The highest BCUT2D eigenvalue weighted by Gasteiger charge is 2.26. The SMILES string of the molecule is COc1ccc(C2COc3c(C)ccc(F)c3O2)cn1. The van der Waals surface area contributed by atoms with Gasteiger partial charge in [-0.25, -0.2) is 9.37 Å². The molecule has 1 atom stereocenters. The predicted octanol–water partition coefficient (Wildman–Crippen LogP) is 3.05. The summed E-state index contributed by atoms with van der Waals surface area (Å²) < 4.78 is 30.2. The topological polar surface area (TPSA) is 40.6 Å². The van der Waals surface area contributed by atoms with Crippen molar-refractivity contribution in [3.8, 4) is 17.4 Å². The smallest absolute Gasteiger partial charge is 0.212 e. The zero-order chi connectivity index (χ0) is 14.1. The van der Waals surface area contributed by atoms with Crippen molar-refractivity contribution in [3.63, 3.8) is 0 Å². The maximum Gasteiger partial charge on any atom is 0.212 e. The molecule has 0 aliphatic carbocycles. The molecule has 1 aromatic carbocycles. The lowest BCUT2D eigenvalue weighted by atomic mass is 10.1. The molecular weight excluding hydrogens is 261 g/mol. The zero-order valence-electron chi connectivity index (χ0n) is 11.2. The summed E-state index contributed by atoms with van der Waals surface area (Å²) in [7, 11) is 1.55. The molecule has 0 radical (unpaired) electrons. The lowest BCUT2D eigenvalue weighted by molar-refractivity contribution is 0.0847. The molecular formula is C15H14FNO3. The minimum atomic E-state index is -0.420. The van der Waals surface area contributed by atoms with Gasteiger partial charge in [0.05, 0.1) is 7.11 Å². The van der Waals surface area contributed by atoms with Crippen LogP contribution >= 0.6 is 0 Å². The van der Waals surface area contributed by atoms with Crippen LogP contribution in [0.4, 0.5) is 4.39 Å². The minimum absolute atomic E-state index is 0.164. The van der Waals surface area contributed by atoms with Crippen LogP contribution in [0.3, 0.4) is 0 Å². The fourth-order valence-electron chi connectivity index (χ4n) is 2.13. The number of fused-ring (bicyclic) bond motifs is 1. The van der Waals surface area contributed by atoms with E-state index >= 15 is 0 Å². The average Bonchev–Trinajstić information content (AvgIpc) is 2.51. The molecule has 0 N–H and O–H groups in total. The van der Waals surface area contributed by atoms with Crippen molar-refractivity contribution < 1.29 is 18.6 Å². The Morgan fingerprint density at radius 1 is 1.25 bits per heavy atom. The second-order valence-electron chi connectivity index (χ2n) is 4.57. The quantitative estimate of drug-likeness (QED) is 0.844.